The fourth-order valence-electron chi connectivity index (χ4n) is 2.06. The van der Waals surface area contributed by atoms with Crippen LogP contribution in [0.5, 0.6) is 0 Å². The van der Waals surface area contributed by atoms with Crippen LogP contribution >= 0.6 is 27.5 Å². The van der Waals surface area contributed by atoms with Gasteiger partial charge in [0, 0.05) is 0 Å². The lowest BCUT2D eigenvalue weighted by molar-refractivity contribution is 0.404. The molecule has 2 rings (SSSR count). The minimum absolute atomic E-state index is 0.0905. The number of hydrogen-bond acceptors (Lipinski definition) is 2. The highest BCUT2D eigenvalue weighted by Gasteiger charge is 2.20. The van der Waals surface area contributed by atoms with E-state index in [9.17, 15) is 4.39 Å². The summed E-state index contributed by atoms with van der Waals surface area (Å²) in [6.45, 7) is 2.92. The molecule has 0 amide bonds. The van der Waals surface area contributed by atoms with Gasteiger partial charge in [-0.3, -0.25) is 0 Å². The van der Waals surface area contributed by atoms with Crippen molar-refractivity contribution in [1.29, 1.82) is 0 Å². The van der Waals surface area contributed by atoms with Gasteiger partial charge in [0.15, 0.2) is 0 Å². The Kier molecular flexibility index (Phi) is 5.64. The summed E-state index contributed by atoms with van der Waals surface area (Å²) in [6.07, 6.45) is 3.10. The predicted molar refractivity (Wildman–Crippen MR) is 82.6 cm³/mol. The first kappa shape index (κ1) is 15.5. The van der Waals surface area contributed by atoms with Gasteiger partial charge in [-0.05, 0) is 53.0 Å². The summed E-state index contributed by atoms with van der Waals surface area (Å²) in [5.41, 5.74) is 0.578. The van der Waals surface area contributed by atoms with Crippen molar-refractivity contribution in [2.24, 2.45) is 0 Å². The Hall–Kier alpha value is -0.840. The second-order valence-electron chi connectivity index (χ2n) is 4.56. The molecule has 1 heterocycles. The van der Waals surface area contributed by atoms with E-state index in [-0.39, 0.29) is 16.9 Å². The van der Waals surface area contributed by atoms with Crippen LogP contribution in [0.3, 0.4) is 0 Å². The zero-order chi connectivity index (χ0) is 14.5. The summed E-state index contributed by atoms with van der Waals surface area (Å²) in [6, 6.07) is 6.81. The van der Waals surface area contributed by atoms with E-state index in [1.807, 2.05) is 6.07 Å². The maximum atomic E-state index is 14.0. The molecule has 0 spiro atoms. The molecule has 1 N–H and O–H groups in total. The number of nitrogens with one attached hydrogen (secondary N) is 1. The zero-order valence-electron chi connectivity index (χ0n) is 11.1. The minimum Gasteiger partial charge on any atom is -0.466 e. The van der Waals surface area contributed by atoms with E-state index in [2.05, 4.69) is 28.2 Å². The standard InChI is InChI=1S/C15H16BrClFNO/c1-2-7-19-13(15-11(16)6-8-20-15)9-10-4-3-5-12(17)14(10)18/h3-6,8,13,19H,2,7,9H2,1H3. The molecule has 1 aromatic heterocycles. The van der Waals surface area contributed by atoms with Gasteiger partial charge in [0.05, 0.1) is 21.8 Å². The minimum atomic E-state index is -0.361. The van der Waals surface area contributed by atoms with Gasteiger partial charge in [-0.2, -0.15) is 0 Å². The summed E-state index contributed by atoms with van der Waals surface area (Å²) in [5, 5.41) is 3.52. The molecule has 0 radical (unpaired) electrons. The summed E-state index contributed by atoms with van der Waals surface area (Å²) in [4.78, 5) is 0. The van der Waals surface area contributed by atoms with E-state index >= 15 is 0 Å². The molecule has 20 heavy (non-hydrogen) atoms. The quantitative estimate of drug-likeness (QED) is 0.773. The number of rotatable bonds is 6. The first-order valence-corrected chi connectivity index (χ1v) is 7.69. The third-order valence-electron chi connectivity index (χ3n) is 3.06. The fraction of sp³-hybridized carbons (Fsp3) is 0.333. The highest BCUT2D eigenvalue weighted by atomic mass is 79.9. The molecule has 1 atom stereocenters. The van der Waals surface area contributed by atoms with Crippen LogP contribution in [-0.4, -0.2) is 6.54 Å². The smallest absolute Gasteiger partial charge is 0.145 e. The van der Waals surface area contributed by atoms with Gasteiger partial charge in [0.1, 0.15) is 11.6 Å². The summed E-state index contributed by atoms with van der Waals surface area (Å²) in [5.74, 6) is 0.415. The molecule has 108 valence electrons. The molecule has 0 saturated heterocycles. The highest BCUT2D eigenvalue weighted by Crippen LogP contribution is 2.29. The van der Waals surface area contributed by atoms with Gasteiger partial charge in [-0.1, -0.05) is 30.7 Å². The van der Waals surface area contributed by atoms with Gasteiger partial charge in [0.2, 0.25) is 0 Å². The Balaban J connectivity index is 2.24. The molecule has 1 aromatic carbocycles. The van der Waals surface area contributed by atoms with E-state index in [0.717, 1.165) is 23.2 Å². The van der Waals surface area contributed by atoms with Crippen molar-refractivity contribution in [2.75, 3.05) is 6.54 Å². The molecule has 2 nitrogen and oxygen atoms in total. The lowest BCUT2D eigenvalue weighted by atomic mass is 10.0. The topological polar surface area (TPSA) is 25.2 Å². The van der Waals surface area contributed by atoms with E-state index in [4.69, 9.17) is 16.0 Å². The molecule has 2 aromatic rings. The van der Waals surface area contributed by atoms with Crippen molar-refractivity contribution in [3.63, 3.8) is 0 Å². The first-order chi connectivity index (χ1) is 9.63. The van der Waals surface area contributed by atoms with Crippen molar-refractivity contribution < 1.29 is 8.81 Å². The Morgan fingerprint density at radius 1 is 1.40 bits per heavy atom. The second-order valence-corrected chi connectivity index (χ2v) is 5.82. The molecule has 0 aliphatic carbocycles. The molecule has 0 bridgehead atoms. The normalized spacial score (nSPS) is 12.6. The maximum absolute atomic E-state index is 14.0. The van der Waals surface area contributed by atoms with Crippen LogP contribution in [-0.2, 0) is 6.42 Å². The molecule has 0 aliphatic heterocycles. The van der Waals surface area contributed by atoms with Crippen molar-refractivity contribution in [3.8, 4) is 0 Å². The lowest BCUT2D eigenvalue weighted by Crippen LogP contribution is -2.24. The predicted octanol–water partition coefficient (Wildman–Crippen LogP) is 5.12. The van der Waals surface area contributed by atoms with Crippen molar-refractivity contribution in [1.82, 2.24) is 5.32 Å². The molecule has 0 aliphatic rings. The molecule has 5 heteroatoms. The Morgan fingerprint density at radius 3 is 2.85 bits per heavy atom. The molecule has 0 saturated carbocycles. The van der Waals surface area contributed by atoms with Crippen LogP contribution in [0, 0.1) is 5.82 Å². The third kappa shape index (κ3) is 3.62. The molecule has 1 unspecified atom stereocenters. The van der Waals surface area contributed by atoms with Crippen molar-refractivity contribution in [3.05, 3.63) is 57.2 Å². The Bertz CT molecular complexity index is 573. The number of benzene rings is 1. The van der Waals surface area contributed by atoms with E-state index in [0.29, 0.717) is 12.0 Å². The average molecular weight is 361 g/mol. The maximum Gasteiger partial charge on any atom is 0.145 e. The van der Waals surface area contributed by atoms with Crippen LogP contribution in [0.2, 0.25) is 5.02 Å². The van der Waals surface area contributed by atoms with Crippen molar-refractivity contribution in [2.45, 2.75) is 25.8 Å². The lowest BCUT2D eigenvalue weighted by Gasteiger charge is -2.17. The zero-order valence-corrected chi connectivity index (χ0v) is 13.5. The highest BCUT2D eigenvalue weighted by molar-refractivity contribution is 9.10. The SMILES string of the molecule is CCCNC(Cc1cccc(Cl)c1F)c1occc1Br. The average Bonchev–Trinajstić information content (AvgIpc) is 2.85. The third-order valence-corrected chi connectivity index (χ3v) is 4.00. The summed E-state index contributed by atoms with van der Waals surface area (Å²) < 4.78 is 20.4. The largest absolute Gasteiger partial charge is 0.466 e. The van der Waals surface area contributed by atoms with Crippen LogP contribution in [0.1, 0.15) is 30.7 Å². The van der Waals surface area contributed by atoms with Gasteiger partial charge in [-0.25, -0.2) is 4.39 Å². The van der Waals surface area contributed by atoms with Crippen molar-refractivity contribution >= 4 is 27.5 Å². The van der Waals surface area contributed by atoms with E-state index in [1.54, 1.807) is 24.5 Å². The molecular weight excluding hydrogens is 345 g/mol. The van der Waals surface area contributed by atoms with Gasteiger partial charge >= 0.3 is 0 Å². The second kappa shape index (κ2) is 7.25. The van der Waals surface area contributed by atoms with Gasteiger partial charge in [0.25, 0.3) is 0 Å². The molecule has 0 fully saturated rings. The Labute approximate surface area is 131 Å². The number of furan rings is 1. The van der Waals surface area contributed by atoms with Crippen LogP contribution in [0.4, 0.5) is 4.39 Å². The summed E-state index contributed by atoms with van der Waals surface area (Å²) in [7, 11) is 0. The summed E-state index contributed by atoms with van der Waals surface area (Å²) >= 11 is 9.28. The van der Waals surface area contributed by atoms with Gasteiger partial charge in [-0.15, -0.1) is 0 Å². The van der Waals surface area contributed by atoms with E-state index < -0.39 is 0 Å². The monoisotopic (exact) mass is 359 g/mol. The fourth-order valence-corrected chi connectivity index (χ4v) is 2.73. The van der Waals surface area contributed by atoms with Crippen LogP contribution < -0.4 is 5.32 Å². The number of halogens is 3. The van der Waals surface area contributed by atoms with Crippen LogP contribution in [0.15, 0.2) is 39.4 Å². The van der Waals surface area contributed by atoms with Crippen LogP contribution in [0.25, 0.3) is 0 Å². The Morgan fingerprint density at radius 2 is 2.20 bits per heavy atom. The molecular formula is C15H16BrClFNO. The van der Waals surface area contributed by atoms with E-state index in [1.165, 1.54) is 0 Å². The number of hydrogen-bond donors (Lipinski definition) is 1. The van der Waals surface area contributed by atoms with Gasteiger partial charge < -0.3 is 9.73 Å². The first-order valence-electron chi connectivity index (χ1n) is 6.52.